The minimum absolute atomic E-state index is 0. The molecule has 8 heavy (non-hydrogen) atoms. The van der Waals surface area contributed by atoms with Crippen molar-refractivity contribution in [3.05, 3.63) is 34.8 Å². The van der Waals surface area contributed by atoms with Crippen molar-refractivity contribution in [1.82, 2.24) is 0 Å². The number of hydrogen-bond acceptors (Lipinski definition) is 0. The Hall–Kier alpha value is 0.388. The standard InChI is InChI=1S/C6H4Br.Pt/c7-6-4-2-1-3-5-6;/h2-5H;/q-1;. The third kappa shape index (κ3) is 2.64. The summed E-state index contributed by atoms with van der Waals surface area (Å²) in [7, 11) is 0. The Morgan fingerprint density at radius 1 is 1.25 bits per heavy atom. The van der Waals surface area contributed by atoms with Crippen molar-refractivity contribution >= 4 is 15.9 Å². The molecule has 0 fully saturated rings. The van der Waals surface area contributed by atoms with E-state index in [4.69, 9.17) is 0 Å². The minimum Gasteiger partial charge on any atom is -0.184 e. The molecule has 0 atom stereocenters. The fourth-order valence-electron chi connectivity index (χ4n) is 0.367. The first-order chi connectivity index (χ1) is 3.39. The molecule has 1 rings (SSSR count). The second kappa shape index (κ2) is 4.29. The molecule has 0 amide bonds. The van der Waals surface area contributed by atoms with Crippen LogP contribution in [0.4, 0.5) is 0 Å². The van der Waals surface area contributed by atoms with Crippen LogP contribution in [0, 0.1) is 6.07 Å². The van der Waals surface area contributed by atoms with Crippen LogP contribution in [0.25, 0.3) is 0 Å². The predicted molar refractivity (Wildman–Crippen MR) is 33.0 cm³/mol. The largest absolute Gasteiger partial charge is 0.184 e. The summed E-state index contributed by atoms with van der Waals surface area (Å²) in [5, 5.41) is 0. The Morgan fingerprint density at radius 3 is 2.00 bits per heavy atom. The van der Waals surface area contributed by atoms with Crippen molar-refractivity contribution in [1.29, 1.82) is 0 Å². The molecule has 0 heterocycles. The van der Waals surface area contributed by atoms with E-state index in [-0.39, 0.29) is 21.1 Å². The normalized spacial score (nSPS) is 7.62. The van der Waals surface area contributed by atoms with Crippen molar-refractivity contribution in [2.24, 2.45) is 0 Å². The van der Waals surface area contributed by atoms with Crippen molar-refractivity contribution < 1.29 is 21.1 Å². The summed E-state index contributed by atoms with van der Waals surface area (Å²) in [6.45, 7) is 0. The fraction of sp³-hybridized carbons (Fsp3) is 0. The molecule has 2 heteroatoms. The van der Waals surface area contributed by atoms with Gasteiger partial charge in [-0.05, 0) is 0 Å². The quantitative estimate of drug-likeness (QED) is 0.629. The van der Waals surface area contributed by atoms with E-state index in [9.17, 15) is 0 Å². The average molecular weight is 351 g/mol. The number of rotatable bonds is 0. The van der Waals surface area contributed by atoms with E-state index in [1.165, 1.54) is 0 Å². The van der Waals surface area contributed by atoms with E-state index in [0.717, 1.165) is 4.47 Å². The number of hydrogen-bond donors (Lipinski definition) is 0. The third-order valence-electron chi connectivity index (χ3n) is 0.678. The molecule has 0 radical (unpaired) electrons. The van der Waals surface area contributed by atoms with E-state index in [2.05, 4.69) is 22.0 Å². The van der Waals surface area contributed by atoms with Crippen LogP contribution in [0.15, 0.2) is 28.7 Å². The molecule has 0 N–H and O–H groups in total. The molecule has 0 saturated carbocycles. The van der Waals surface area contributed by atoms with Crippen LogP contribution < -0.4 is 0 Å². The van der Waals surface area contributed by atoms with Gasteiger partial charge in [0, 0.05) is 21.1 Å². The Kier molecular flexibility index (Phi) is 4.49. The monoisotopic (exact) mass is 350 g/mol. The summed E-state index contributed by atoms with van der Waals surface area (Å²) in [4.78, 5) is 0. The molecule has 0 aromatic heterocycles. The molecule has 46 valence electrons. The second-order valence-corrected chi connectivity index (χ2v) is 2.13. The zero-order valence-electron chi connectivity index (χ0n) is 4.00. The summed E-state index contributed by atoms with van der Waals surface area (Å²) in [6, 6.07) is 10.5. The van der Waals surface area contributed by atoms with Gasteiger partial charge in [-0.1, -0.05) is 20.4 Å². The maximum absolute atomic E-state index is 3.29. The van der Waals surface area contributed by atoms with Gasteiger partial charge in [0.1, 0.15) is 0 Å². The summed E-state index contributed by atoms with van der Waals surface area (Å²) < 4.78 is 1.10. The Morgan fingerprint density at radius 2 is 1.75 bits per heavy atom. The molecular weight excluding hydrogens is 347 g/mol. The van der Waals surface area contributed by atoms with Crippen molar-refractivity contribution in [2.75, 3.05) is 0 Å². The van der Waals surface area contributed by atoms with Gasteiger partial charge in [0.25, 0.3) is 0 Å². The smallest absolute Gasteiger partial charge is 0 e. The van der Waals surface area contributed by atoms with Gasteiger partial charge in [-0.25, -0.2) is 0 Å². The topological polar surface area (TPSA) is 0 Å². The fourth-order valence-corrected chi connectivity index (χ4v) is 0.631. The van der Waals surface area contributed by atoms with Gasteiger partial charge in [0.15, 0.2) is 0 Å². The molecule has 0 aliphatic rings. The van der Waals surface area contributed by atoms with Gasteiger partial charge in [0.2, 0.25) is 0 Å². The average Bonchev–Trinajstić information content (AvgIpc) is 1.69. The van der Waals surface area contributed by atoms with Crippen molar-refractivity contribution in [2.45, 2.75) is 0 Å². The van der Waals surface area contributed by atoms with Crippen LogP contribution >= 0.6 is 15.9 Å². The summed E-state index contributed by atoms with van der Waals surface area (Å²) in [6.07, 6.45) is 0. The van der Waals surface area contributed by atoms with E-state index < -0.39 is 0 Å². The van der Waals surface area contributed by atoms with Gasteiger partial charge in [-0.2, -0.15) is 30.3 Å². The zero-order chi connectivity index (χ0) is 5.11. The molecule has 1 aromatic carbocycles. The Balaban J connectivity index is 0.000000490. The molecule has 0 nitrogen and oxygen atoms in total. The van der Waals surface area contributed by atoms with Gasteiger partial charge in [0.05, 0.1) is 0 Å². The maximum atomic E-state index is 3.29. The minimum atomic E-state index is 0. The Bertz CT molecular complexity index is 138. The van der Waals surface area contributed by atoms with Crippen molar-refractivity contribution in [3.8, 4) is 0 Å². The van der Waals surface area contributed by atoms with Gasteiger partial charge in [-0.3, -0.25) is 0 Å². The summed E-state index contributed by atoms with van der Waals surface area (Å²) in [5.74, 6) is 0. The van der Waals surface area contributed by atoms with Crippen LogP contribution in [-0.2, 0) is 21.1 Å². The van der Waals surface area contributed by atoms with Crippen LogP contribution in [-0.4, -0.2) is 0 Å². The van der Waals surface area contributed by atoms with E-state index in [1.54, 1.807) is 0 Å². The number of halogens is 1. The molecular formula is C6H4BrPt-. The molecule has 0 spiro atoms. The van der Waals surface area contributed by atoms with Crippen LogP contribution in [0.5, 0.6) is 0 Å². The van der Waals surface area contributed by atoms with Crippen molar-refractivity contribution in [3.63, 3.8) is 0 Å². The van der Waals surface area contributed by atoms with Gasteiger partial charge >= 0.3 is 0 Å². The molecule has 1 aromatic rings. The molecule has 0 aliphatic heterocycles. The molecule has 0 aliphatic carbocycles. The summed E-state index contributed by atoms with van der Waals surface area (Å²) >= 11 is 3.29. The number of benzene rings is 1. The van der Waals surface area contributed by atoms with Crippen LogP contribution in [0.2, 0.25) is 0 Å². The SMILES string of the molecule is Brc1cc[c-]cc1.[Pt]. The van der Waals surface area contributed by atoms with Crippen LogP contribution in [0.3, 0.4) is 0 Å². The first-order valence-corrected chi connectivity index (χ1v) is 2.80. The summed E-state index contributed by atoms with van der Waals surface area (Å²) in [5.41, 5.74) is 0. The van der Waals surface area contributed by atoms with E-state index >= 15 is 0 Å². The first-order valence-electron chi connectivity index (χ1n) is 2.01. The maximum Gasteiger partial charge on any atom is 0 e. The first kappa shape index (κ1) is 8.39. The predicted octanol–water partition coefficient (Wildman–Crippen LogP) is 2.25. The van der Waals surface area contributed by atoms with E-state index in [0.29, 0.717) is 0 Å². The van der Waals surface area contributed by atoms with Gasteiger partial charge in [-0.15, -0.1) is 0 Å². The third-order valence-corrected chi connectivity index (χ3v) is 1.21. The molecule has 0 unspecified atom stereocenters. The second-order valence-electron chi connectivity index (χ2n) is 1.22. The Labute approximate surface area is 71.7 Å². The van der Waals surface area contributed by atoms with E-state index in [1.807, 2.05) is 24.3 Å². The zero-order valence-corrected chi connectivity index (χ0v) is 7.86. The van der Waals surface area contributed by atoms with Gasteiger partial charge < -0.3 is 0 Å². The molecule has 0 bridgehead atoms. The van der Waals surface area contributed by atoms with Crippen LogP contribution in [0.1, 0.15) is 0 Å². The molecule has 0 saturated heterocycles.